The van der Waals surface area contributed by atoms with Crippen LogP contribution in [-0.4, -0.2) is 25.0 Å². The molecule has 0 aromatic carbocycles. The van der Waals surface area contributed by atoms with Gasteiger partial charge in [-0.1, -0.05) is 32.1 Å². The summed E-state index contributed by atoms with van der Waals surface area (Å²) in [5.74, 6) is 1.75. The number of hydrogen-bond acceptors (Lipinski definition) is 2. The highest BCUT2D eigenvalue weighted by Gasteiger charge is 2.21. The van der Waals surface area contributed by atoms with E-state index in [2.05, 4.69) is 17.6 Å². The highest BCUT2D eigenvalue weighted by Crippen LogP contribution is 2.27. The van der Waals surface area contributed by atoms with E-state index in [1.807, 2.05) is 0 Å². The zero-order valence-electron chi connectivity index (χ0n) is 12.4. The average Bonchev–Trinajstić information content (AvgIpc) is 2.47. The fraction of sp³-hybridized carbons (Fsp3) is 0.938. The molecule has 0 bridgehead atoms. The minimum absolute atomic E-state index is 0.275. The van der Waals surface area contributed by atoms with Gasteiger partial charge in [0.2, 0.25) is 5.91 Å². The Morgan fingerprint density at radius 2 is 1.84 bits per heavy atom. The molecule has 110 valence electrons. The molecule has 1 aliphatic heterocycles. The minimum Gasteiger partial charge on any atom is -0.353 e. The van der Waals surface area contributed by atoms with Gasteiger partial charge in [-0.15, -0.1) is 0 Å². The fourth-order valence-corrected chi connectivity index (χ4v) is 3.60. The summed E-state index contributed by atoms with van der Waals surface area (Å²) in [6.45, 7) is 4.38. The largest absolute Gasteiger partial charge is 0.353 e. The van der Waals surface area contributed by atoms with E-state index in [0.717, 1.165) is 31.8 Å². The van der Waals surface area contributed by atoms with Crippen LogP contribution >= 0.6 is 0 Å². The first-order valence-electron chi connectivity index (χ1n) is 8.26. The number of rotatable bonds is 5. The van der Waals surface area contributed by atoms with Crippen molar-refractivity contribution < 1.29 is 4.79 Å². The molecule has 1 amide bonds. The third-order valence-corrected chi connectivity index (χ3v) is 4.98. The van der Waals surface area contributed by atoms with E-state index < -0.39 is 0 Å². The van der Waals surface area contributed by atoms with Crippen LogP contribution in [0.5, 0.6) is 0 Å². The summed E-state index contributed by atoms with van der Waals surface area (Å²) < 4.78 is 0. The molecule has 1 saturated heterocycles. The third-order valence-electron chi connectivity index (χ3n) is 4.98. The van der Waals surface area contributed by atoms with Gasteiger partial charge in [0.05, 0.1) is 0 Å². The van der Waals surface area contributed by atoms with Crippen LogP contribution in [0.1, 0.15) is 64.7 Å². The normalized spacial score (nSPS) is 24.1. The van der Waals surface area contributed by atoms with E-state index >= 15 is 0 Å². The molecule has 3 nitrogen and oxygen atoms in total. The van der Waals surface area contributed by atoms with E-state index in [-0.39, 0.29) is 5.91 Å². The van der Waals surface area contributed by atoms with Crippen LogP contribution in [-0.2, 0) is 4.79 Å². The number of amides is 1. The van der Waals surface area contributed by atoms with Crippen LogP contribution in [0.4, 0.5) is 0 Å². The maximum absolute atomic E-state index is 12.0. The van der Waals surface area contributed by atoms with Gasteiger partial charge in [-0.3, -0.25) is 4.79 Å². The molecular formula is C16H30N2O. The van der Waals surface area contributed by atoms with Crippen LogP contribution in [0, 0.1) is 11.8 Å². The van der Waals surface area contributed by atoms with E-state index in [9.17, 15) is 4.79 Å². The molecule has 0 spiro atoms. The van der Waals surface area contributed by atoms with Gasteiger partial charge in [-0.2, -0.15) is 0 Å². The number of piperidine rings is 1. The zero-order chi connectivity index (χ0) is 13.5. The molecule has 1 heterocycles. The Morgan fingerprint density at radius 3 is 2.53 bits per heavy atom. The summed E-state index contributed by atoms with van der Waals surface area (Å²) >= 11 is 0. The van der Waals surface area contributed by atoms with Gasteiger partial charge < -0.3 is 10.6 Å². The zero-order valence-corrected chi connectivity index (χ0v) is 12.4. The molecule has 2 fully saturated rings. The maximum atomic E-state index is 12.0. The Bertz CT molecular complexity index is 268. The van der Waals surface area contributed by atoms with Gasteiger partial charge in [0.15, 0.2) is 0 Å². The lowest BCUT2D eigenvalue weighted by Crippen LogP contribution is -2.42. The van der Waals surface area contributed by atoms with Crippen molar-refractivity contribution in [3.63, 3.8) is 0 Å². The third kappa shape index (κ3) is 5.13. The van der Waals surface area contributed by atoms with Gasteiger partial charge in [-0.05, 0) is 51.1 Å². The first-order chi connectivity index (χ1) is 9.25. The molecule has 1 unspecified atom stereocenters. The molecule has 0 aromatic rings. The molecule has 2 rings (SSSR count). The molecule has 2 aliphatic rings. The SMILES string of the molecule is CC(NC(=O)CCC1CCCCC1)C1CCNCC1. The molecule has 0 aromatic heterocycles. The lowest BCUT2D eigenvalue weighted by atomic mass is 9.86. The molecule has 1 atom stereocenters. The van der Waals surface area contributed by atoms with Gasteiger partial charge in [0, 0.05) is 12.5 Å². The summed E-state index contributed by atoms with van der Waals surface area (Å²) in [4.78, 5) is 12.0. The summed E-state index contributed by atoms with van der Waals surface area (Å²) in [5.41, 5.74) is 0. The predicted octanol–water partition coefficient (Wildman–Crippen LogP) is 2.85. The number of carbonyl (C=O) groups is 1. The second-order valence-electron chi connectivity index (χ2n) is 6.49. The topological polar surface area (TPSA) is 41.1 Å². The summed E-state index contributed by atoms with van der Waals surface area (Å²) in [7, 11) is 0. The Morgan fingerprint density at radius 1 is 1.16 bits per heavy atom. The van der Waals surface area contributed by atoms with Crippen molar-refractivity contribution in [2.24, 2.45) is 11.8 Å². The Labute approximate surface area is 117 Å². The van der Waals surface area contributed by atoms with E-state index in [1.165, 1.54) is 44.9 Å². The molecule has 2 N–H and O–H groups in total. The van der Waals surface area contributed by atoms with Crippen molar-refractivity contribution in [1.82, 2.24) is 10.6 Å². The first kappa shape index (κ1) is 14.8. The monoisotopic (exact) mass is 266 g/mol. The van der Waals surface area contributed by atoms with Crippen LogP contribution in [0.2, 0.25) is 0 Å². The first-order valence-corrected chi connectivity index (χ1v) is 8.26. The van der Waals surface area contributed by atoms with Crippen molar-refractivity contribution >= 4 is 5.91 Å². The predicted molar refractivity (Wildman–Crippen MR) is 79.0 cm³/mol. The lowest BCUT2D eigenvalue weighted by molar-refractivity contribution is -0.122. The summed E-state index contributed by atoms with van der Waals surface area (Å²) in [5, 5.41) is 6.60. The molecule has 1 aliphatic carbocycles. The standard InChI is InChI=1S/C16H30N2O/c1-13(15-9-11-17-12-10-15)18-16(19)8-7-14-5-3-2-4-6-14/h13-15,17H,2-12H2,1H3,(H,18,19). The number of nitrogens with one attached hydrogen (secondary N) is 2. The van der Waals surface area contributed by atoms with E-state index in [4.69, 9.17) is 0 Å². The summed E-state index contributed by atoms with van der Waals surface area (Å²) in [6, 6.07) is 0.348. The van der Waals surface area contributed by atoms with Gasteiger partial charge in [0.1, 0.15) is 0 Å². The quantitative estimate of drug-likeness (QED) is 0.803. The van der Waals surface area contributed by atoms with Crippen molar-refractivity contribution in [1.29, 1.82) is 0 Å². The fourth-order valence-electron chi connectivity index (χ4n) is 3.60. The van der Waals surface area contributed by atoms with Crippen molar-refractivity contribution in [2.45, 2.75) is 70.8 Å². The number of hydrogen-bond donors (Lipinski definition) is 2. The van der Waals surface area contributed by atoms with Crippen LogP contribution in [0.15, 0.2) is 0 Å². The molecule has 19 heavy (non-hydrogen) atoms. The van der Waals surface area contributed by atoms with Crippen molar-refractivity contribution in [3.05, 3.63) is 0 Å². The minimum atomic E-state index is 0.275. The van der Waals surface area contributed by atoms with Crippen molar-refractivity contribution in [3.8, 4) is 0 Å². The highest BCUT2D eigenvalue weighted by molar-refractivity contribution is 5.76. The second kappa shape index (κ2) is 7.88. The van der Waals surface area contributed by atoms with E-state index in [1.54, 1.807) is 0 Å². The Hall–Kier alpha value is -0.570. The van der Waals surface area contributed by atoms with Gasteiger partial charge in [0.25, 0.3) is 0 Å². The van der Waals surface area contributed by atoms with Crippen LogP contribution in [0.25, 0.3) is 0 Å². The maximum Gasteiger partial charge on any atom is 0.220 e. The van der Waals surface area contributed by atoms with Crippen molar-refractivity contribution in [2.75, 3.05) is 13.1 Å². The smallest absolute Gasteiger partial charge is 0.220 e. The average molecular weight is 266 g/mol. The molecule has 0 radical (unpaired) electrons. The number of carbonyl (C=O) groups excluding carboxylic acids is 1. The summed E-state index contributed by atoms with van der Waals surface area (Å²) in [6.07, 6.45) is 11.1. The highest BCUT2D eigenvalue weighted by atomic mass is 16.1. The van der Waals surface area contributed by atoms with Crippen LogP contribution in [0.3, 0.4) is 0 Å². The van der Waals surface area contributed by atoms with Gasteiger partial charge >= 0.3 is 0 Å². The Kier molecular flexibility index (Phi) is 6.15. The molecular weight excluding hydrogens is 236 g/mol. The second-order valence-corrected chi connectivity index (χ2v) is 6.49. The molecule has 1 saturated carbocycles. The van der Waals surface area contributed by atoms with E-state index in [0.29, 0.717) is 12.0 Å². The Balaban J connectivity index is 1.62. The van der Waals surface area contributed by atoms with Gasteiger partial charge in [-0.25, -0.2) is 0 Å². The lowest BCUT2D eigenvalue weighted by Gasteiger charge is -2.29. The van der Waals surface area contributed by atoms with Crippen LogP contribution < -0.4 is 10.6 Å². The molecule has 3 heteroatoms.